The molecule has 132 valence electrons. The van der Waals surface area contributed by atoms with Crippen LogP contribution < -0.4 is 14.8 Å². The van der Waals surface area contributed by atoms with Crippen molar-refractivity contribution >= 4 is 5.91 Å². The average Bonchev–Trinajstić information content (AvgIpc) is 3.28. The highest BCUT2D eigenvalue weighted by Crippen LogP contribution is 2.36. The molecule has 6 nitrogen and oxygen atoms in total. The Morgan fingerprint density at radius 1 is 1.08 bits per heavy atom. The molecule has 0 saturated carbocycles. The van der Waals surface area contributed by atoms with Gasteiger partial charge in [-0.3, -0.25) is 4.79 Å². The Balaban J connectivity index is 1.44. The van der Waals surface area contributed by atoms with E-state index in [1.54, 1.807) is 24.3 Å². The Morgan fingerprint density at radius 3 is 2.77 bits per heavy atom. The number of carbonyl (C=O) groups excluding carboxylic acids is 1. The number of fused-ring (bicyclic) bond motifs is 1. The predicted octanol–water partition coefficient (Wildman–Crippen LogP) is 3.28. The van der Waals surface area contributed by atoms with Crippen LogP contribution in [-0.2, 0) is 6.54 Å². The van der Waals surface area contributed by atoms with Gasteiger partial charge in [0, 0.05) is 17.7 Å². The Kier molecular flexibility index (Phi) is 4.00. The van der Waals surface area contributed by atoms with Crippen molar-refractivity contribution in [1.29, 1.82) is 0 Å². The number of ether oxygens (including phenoxy) is 2. The van der Waals surface area contributed by atoms with Crippen LogP contribution in [-0.4, -0.2) is 17.9 Å². The molecule has 1 aliphatic heterocycles. The Morgan fingerprint density at radius 2 is 1.92 bits per heavy atom. The molecule has 0 unspecified atom stereocenters. The number of hydrogen-bond acceptors (Lipinski definition) is 5. The van der Waals surface area contributed by atoms with Crippen molar-refractivity contribution in [2.75, 3.05) is 6.79 Å². The van der Waals surface area contributed by atoms with Gasteiger partial charge in [-0.2, -0.15) is 0 Å². The van der Waals surface area contributed by atoms with Gasteiger partial charge in [0.25, 0.3) is 5.91 Å². The minimum atomic E-state index is -0.927. The summed E-state index contributed by atoms with van der Waals surface area (Å²) in [5, 5.41) is 6.39. The van der Waals surface area contributed by atoms with E-state index in [1.807, 2.05) is 0 Å². The van der Waals surface area contributed by atoms with Crippen LogP contribution in [0.2, 0.25) is 0 Å². The zero-order chi connectivity index (χ0) is 18.1. The molecular weight excluding hydrogens is 346 g/mol. The lowest BCUT2D eigenvalue weighted by molar-refractivity contribution is 0.0946. The highest BCUT2D eigenvalue weighted by Gasteiger charge is 2.17. The number of benzene rings is 2. The standard InChI is InChI=1S/C18H12F2N2O4/c19-11-2-3-13(14(20)6-11)18(23)21-8-12-7-16(26-22-12)10-1-4-15-17(5-10)25-9-24-15/h1-7H,8-9H2,(H,21,23). The van der Waals surface area contributed by atoms with E-state index in [4.69, 9.17) is 14.0 Å². The summed E-state index contributed by atoms with van der Waals surface area (Å²) in [4.78, 5) is 12.0. The molecule has 0 fully saturated rings. The fourth-order valence-corrected chi connectivity index (χ4v) is 2.52. The molecule has 0 saturated heterocycles. The van der Waals surface area contributed by atoms with Crippen LogP contribution in [0.3, 0.4) is 0 Å². The van der Waals surface area contributed by atoms with Crippen molar-refractivity contribution < 1.29 is 27.6 Å². The van der Waals surface area contributed by atoms with Crippen molar-refractivity contribution in [2.24, 2.45) is 0 Å². The van der Waals surface area contributed by atoms with Crippen molar-refractivity contribution in [2.45, 2.75) is 6.54 Å². The van der Waals surface area contributed by atoms with Gasteiger partial charge in [0.1, 0.15) is 17.3 Å². The smallest absolute Gasteiger partial charge is 0.254 e. The number of amides is 1. The second-order valence-corrected chi connectivity index (χ2v) is 5.56. The van der Waals surface area contributed by atoms with Gasteiger partial charge in [-0.15, -0.1) is 0 Å². The monoisotopic (exact) mass is 358 g/mol. The quantitative estimate of drug-likeness (QED) is 0.775. The van der Waals surface area contributed by atoms with E-state index in [9.17, 15) is 13.6 Å². The van der Waals surface area contributed by atoms with Crippen molar-refractivity contribution in [1.82, 2.24) is 10.5 Å². The molecule has 2 aromatic carbocycles. The van der Waals surface area contributed by atoms with Crippen LogP contribution in [0.25, 0.3) is 11.3 Å². The third-order valence-corrected chi connectivity index (χ3v) is 3.82. The third-order valence-electron chi connectivity index (χ3n) is 3.82. The first kappa shape index (κ1) is 16.1. The topological polar surface area (TPSA) is 73.6 Å². The number of nitrogens with one attached hydrogen (secondary N) is 1. The van der Waals surface area contributed by atoms with Crippen molar-refractivity contribution in [3.8, 4) is 22.8 Å². The number of halogens is 2. The molecule has 3 aromatic rings. The molecule has 26 heavy (non-hydrogen) atoms. The number of hydrogen-bond donors (Lipinski definition) is 1. The number of carbonyl (C=O) groups is 1. The first-order valence-corrected chi connectivity index (χ1v) is 7.69. The summed E-state index contributed by atoms with van der Waals surface area (Å²) >= 11 is 0. The van der Waals surface area contributed by atoms with Gasteiger partial charge in [0.2, 0.25) is 6.79 Å². The molecule has 1 aromatic heterocycles. The molecule has 1 amide bonds. The molecular formula is C18H12F2N2O4. The Hall–Kier alpha value is -3.42. The molecule has 0 aliphatic carbocycles. The molecule has 4 rings (SSSR count). The van der Waals surface area contributed by atoms with Gasteiger partial charge in [-0.25, -0.2) is 8.78 Å². The maximum Gasteiger partial charge on any atom is 0.254 e. The predicted molar refractivity (Wildman–Crippen MR) is 85.6 cm³/mol. The van der Waals surface area contributed by atoms with E-state index in [0.717, 1.165) is 17.7 Å². The number of aromatic nitrogens is 1. The zero-order valence-corrected chi connectivity index (χ0v) is 13.3. The van der Waals surface area contributed by atoms with E-state index >= 15 is 0 Å². The normalized spacial score (nSPS) is 12.2. The minimum absolute atomic E-state index is 0.0314. The summed E-state index contributed by atoms with van der Waals surface area (Å²) in [6, 6.07) is 9.73. The highest BCUT2D eigenvalue weighted by atomic mass is 19.1. The van der Waals surface area contributed by atoms with Crippen LogP contribution in [0.4, 0.5) is 8.78 Å². The number of nitrogens with zero attached hydrogens (tertiary/aromatic N) is 1. The van der Waals surface area contributed by atoms with Crippen LogP contribution in [0.5, 0.6) is 11.5 Å². The van der Waals surface area contributed by atoms with Gasteiger partial charge < -0.3 is 19.3 Å². The van der Waals surface area contributed by atoms with Gasteiger partial charge in [0.05, 0.1) is 12.1 Å². The van der Waals surface area contributed by atoms with E-state index in [1.165, 1.54) is 0 Å². The van der Waals surface area contributed by atoms with Gasteiger partial charge in [0.15, 0.2) is 17.3 Å². The van der Waals surface area contributed by atoms with E-state index in [-0.39, 0.29) is 18.9 Å². The van der Waals surface area contributed by atoms with Gasteiger partial charge in [-0.1, -0.05) is 5.16 Å². The molecule has 1 aliphatic rings. The summed E-state index contributed by atoms with van der Waals surface area (Å²) in [6.07, 6.45) is 0. The molecule has 0 atom stereocenters. The van der Waals surface area contributed by atoms with Gasteiger partial charge >= 0.3 is 0 Å². The summed E-state index contributed by atoms with van der Waals surface area (Å²) in [5.41, 5.74) is 0.948. The molecule has 8 heteroatoms. The molecule has 1 N–H and O–H groups in total. The largest absolute Gasteiger partial charge is 0.454 e. The SMILES string of the molecule is O=C(NCc1cc(-c2ccc3c(c2)OCO3)on1)c1ccc(F)cc1F. The minimum Gasteiger partial charge on any atom is -0.454 e. The summed E-state index contributed by atoms with van der Waals surface area (Å²) in [7, 11) is 0. The number of rotatable bonds is 4. The molecule has 2 heterocycles. The van der Waals surface area contributed by atoms with Crippen molar-refractivity contribution in [3.05, 3.63) is 65.4 Å². The van der Waals surface area contributed by atoms with Crippen LogP contribution in [0, 0.1) is 11.6 Å². The first-order valence-electron chi connectivity index (χ1n) is 7.69. The van der Waals surface area contributed by atoms with Crippen molar-refractivity contribution in [3.63, 3.8) is 0 Å². The summed E-state index contributed by atoms with van der Waals surface area (Å²) < 4.78 is 42.3. The van der Waals surface area contributed by atoms with Crippen LogP contribution in [0.15, 0.2) is 47.0 Å². The maximum atomic E-state index is 13.6. The second kappa shape index (κ2) is 6.47. The lowest BCUT2D eigenvalue weighted by atomic mass is 10.1. The lowest BCUT2D eigenvalue weighted by Gasteiger charge is -2.04. The summed E-state index contributed by atoms with van der Waals surface area (Å²) in [6.45, 7) is 0.204. The third kappa shape index (κ3) is 3.08. The highest BCUT2D eigenvalue weighted by molar-refractivity contribution is 5.94. The first-order chi connectivity index (χ1) is 12.6. The lowest BCUT2D eigenvalue weighted by Crippen LogP contribution is -2.24. The zero-order valence-electron chi connectivity index (χ0n) is 13.3. The van der Waals surface area contributed by atoms with E-state index in [2.05, 4.69) is 10.5 Å². The molecule has 0 bridgehead atoms. The van der Waals surface area contributed by atoms with E-state index in [0.29, 0.717) is 29.0 Å². The molecule has 0 spiro atoms. The average molecular weight is 358 g/mol. The van der Waals surface area contributed by atoms with E-state index < -0.39 is 17.5 Å². The molecule has 0 radical (unpaired) electrons. The Bertz CT molecular complexity index is 987. The van der Waals surface area contributed by atoms with Gasteiger partial charge in [-0.05, 0) is 30.3 Å². The fraction of sp³-hybridized carbons (Fsp3) is 0.111. The Labute approximate surface area is 146 Å². The summed E-state index contributed by atoms with van der Waals surface area (Å²) in [5.74, 6) is -0.592. The maximum absolute atomic E-state index is 13.6. The van der Waals surface area contributed by atoms with Crippen LogP contribution >= 0.6 is 0 Å². The van der Waals surface area contributed by atoms with Crippen LogP contribution in [0.1, 0.15) is 16.1 Å². The second-order valence-electron chi connectivity index (χ2n) is 5.56. The fourth-order valence-electron chi connectivity index (χ4n) is 2.52.